The van der Waals surface area contributed by atoms with Crippen molar-refractivity contribution in [3.8, 4) is 5.75 Å². The van der Waals surface area contributed by atoms with Crippen LogP contribution in [0.2, 0.25) is 10.0 Å². The Labute approximate surface area is 158 Å². The molecule has 130 valence electrons. The quantitative estimate of drug-likeness (QED) is 0.660. The van der Waals surface area contributed by atoms with Gasteiger partial charge in [0, 0.05) is 23.4 Å². The molecular formula is C20H20Cl2N2O. The summed E-state index contributed by atoms with van der Waals surface area (Å²) in [5.74, 6) is 0.756. The lowest BCUT2D eigenvalue weighted by Gasteiger charge is -2.38. The van der Waals surface area contributed by atoms with Crippen molar-refractivity contribution in [3.63, 3.8) is 0 Å². The van der Waals surface area contributed by atoms with Crippen LogP contribution in [0.25, 0.3) is 0 Å². The molecule has 5 heteroatoms. The van der Waals surface area contributed by atoms with E-state index in [1.165, 1.54) is 5.56 Å². The minimum absolute atomic E-state index is 0.0934. The molecule has 0 spiro atoms. The van der Waals surface area contributed by atoms with Gasteiger partial charge in [-0.05, 0) is 24.6 Å². The van der Waals surface area contributed by atoms with Gasteiger partial charge in [0.25, 0.3) is 0 Å². The summed E-state index contributed by atoms with van der Waals surface area (Å²) in [6, 6.07) is 12.3. The SMILES string of the molecule is CCC[C@@H]1Oc2c(Cl)cc(Cl)cc2[C@@H]2CC(c3ccc(C)cc3)=NN12. The number of fused-ring (bicyclic) bond motifs is 3. The molecule has 2 atom stereocenters. The van der Waals surface area contributed by atoms with E-state index in [1.807, 2.05) is 6.07 Å². The Bertz CT molecular complexity index is 832. The van der Waals surface area contributed by atoms with E-state index in [0.29, 0.717) is 10.0 Å². The standard InChI is InChI=1S/C20H20Cl2N2O/c1-3-4-19-24-18(15-9-14(21)10-16(22)20(15)25-19)11-17(23-24)13-7-5-12(2)6-8-13/h5-10,18-19H,3-4,11H2,1-2H3/t18-,19-/m0/s1. The van der Waals surface area contributed by atoms with Crippen LogP contribution in [0.5, 0.6) is 5.75 Å². The highest BCUT2D eigenvalue weighted by molar-refractivity contribution is 6.35. The van der Waals surface area contributed by atoms with Gasteiger partial charge in [0.2, 0.25) is 0 Å². The van der Waals surface area contributed by atoms with Gasteiger partial charge in [0.1, 0.15) is 5.75 Å². The zero-order chi connectivity index (χ0) is 17.6. The van der Waals surface area contributed by atoms with Crippen molar-refractivity contribution < 1.29 is 4.74 Å². The largest absolute Gasteiger partial charge is 0.467 e. The van der Waals surface area contributed by atoms with E-state index in [1.54, 1.807) is 6.07 Å². The van der Waals surface area contributed by atoms with E-state index >= 15 is 0 Å². The summed E-state index contributed by atoms with van der Waals surface area (Å²) in [6.07, 6.45) is 2.66. The third kappa shape index (κ3) is 3.00. The van der Waals surface area contributed by atoms with E-state index in [4.69, 9.17) is 33.0 Å². The first-order valence-corrected chi connectivity index (χ1v) is 9.41. The summed E-state index contributed by atoms with van der Waals surface area (Å²) < 4.78 is 6.20. The fraction of sp³-hybridized carbons (Fsp3) is 0.350. The summed E-state index contributed by atoms with van der Waals surface area (Å²) in [6.45, 7) is 4.24. The van der Waals surface area contributed by atoms with Crippen LogP contribution in [0.1, 0.15) is 48.9 Å². The molecule has 25 heavy (non-hydrogen) atoms. The minimum Gasteiger partial charge on any atom is -0.467 e. The number of halogens is 2. The first kappa shape index (κ1) is 16.7. The topological polar surface area (TPSA) is 24.8 Å². The molecule has 0 fully saturated rings. The van der Waals surface area contributed by atoms with Gasteiger partial charge in [0.05, 0.1) is 16.8 Å². The maximum absolute atomic E-state index is 6.41. The minimum atomic E-state index is -0.0934. The van der Waals surface area contributed by atoms with Gasteiger partial charge in [0.15, 0.2) is 6.23 Å². The summed E-state index contributed by atoms with van der Waals surface area (Å²) >= 11 is 12.7. The average Bonchev–Trinajstić information content (AvgIpc) is 3.02. The fourth-order valence-corrected chi connectivity index (χ4v) is 4.10. The van der Waals surface area contributed by atoms with Gasteiger partial charge in [-0.2, -0.15) is 5.10 Å². The van der Waals surface area contributed by atoms with E-state index < -0.39 is 0 Å². The van der Waals surface area contributed by atoms with Crippen LogP contribution >= 0.6 is 23.2 Å². The number of aryl methyl sites for hydroxylation is 1. The Hall–Kier alpha value is -1.71. The maximum atomic E-state index is 6.41. The number of rotatable bonds is 3. The van der Waals surface area contributed by atoms with Crippen molar-refractivity contribution in [1.29, 1.82) is 0 Å². The average molecular weight is 375 g/mol. The Morgan fingerprint density at radius 3 is 2.68 bits per heavy atom. The zero-order valence-corrected chi connectivity index (χ0v) is 15.8. The molecule has 0 amide bonds. The molecule has 2 aliphatic heterocycles. The molecule has 0 unspecified atom stereocenters. The molecule has 2 heterocycles. The number of hydrogen-bond donors (Lipinski definition) is 0. The summed E-state index contributed by atoms with van der Waals surface area (Å²) in [4.78, 5) is 0. The van der Waals surface area contributed by atoms with Gasteiger partial charge >= 0.3 is 0 Å². The Morgan fingerprint density at radius 2 is 1.96 bits per heavy atom. The number of nitrogens with zero attached hydrogens (tertiary/aromatic N) is 2. The summed E-state index contributed by atoms with van der Waals surface area (Å²) in [5.41, 5.74) is 4.51. The Kier molecular flexibility index (Phi) is 4.38. The monoisotopic (exact) mass is 374 g/mol. The molecule has 0 saturated carbocycles. The van der Waals surface area contributed by atoms with Crippen molar-refractivity contribution in [3.05, 3.63) is 63.1 Å². The molecule has 0 N–H and O–H groups in total. The first-order chi connectivity index (χ1) is 12.1. The van der Waals surface area contributed by atoms with Crippen LogP contribution in [-0.2, 0) is 0 Å². The Morgan fingerprint density at radius 1 is 1.20 bits per heavy atom. The molecule has 2 aromatic rings. The molecule has 0 bridgehead atoms. The molecule has 2 aromatic carbocycles. The van der Waals surface area contributed by atoms with E-state index in [0.717, 1.165) is 41.9 Å². The van der Waals surface area contributed by atoms with Crippen LogP contribution < -0.4 is 4.74 Å². The van der Waals surface area contributed by atoms with Gasteiger partial charge in [-0.1, -0.05) is 66.4 Å². The van der Waals surface area contributed by atoms with Crippen molar-refractivity contribution >= 4 is 28.9 Å². The van der Waals surface area contributed by atoms with Crippen molar-refractivity contribution in [2.45, 2.75) is 45.4 Å². The molecule has 3 nitrogen and oxygen atoms in total. The van der Waals surface area contributed by atoms with Crippen LogP contribution in [0, 0.1) is 6.92 Å². The summed E-state index contributed by atoms with van der Waals surface area (Å²) in [7, 11) is 0. The molecule has 4 rings (SSSR count). The molecular weight excluding hydrogens is 355 g/mol. The lowest BCUT2D eigenvalue weighted by atomic mass is 9.96. The second-order valence-electron chi connectivity index (χ2n) is 6.68. The fourth-order valence-electron chi connectivity index (χ4n) is 3.55. The third-order valence-electron chi connectivity index (χ3n) is 4.81. The van der Waals surface area contributed by atoms with Gasteiger partial charge in [-0.3, -0.25) is 5.01 Å². The number of ether oxygens (including phenoxy) is 1. The molecule has 0 radical (unpaired) electrons. The maximum Gasteiger partial charge on any atom is 0.187 e. The highest BCUT2D eigenvalue weighted by Crippen LogP contribution is 2.47. The smallest absolute Gasteiger partial charge is 0.187 e. The predicted molar refractivity (Wildman–Crippen MR) is 103 cm³/mol. The van der Waals surface area contributed by atoms with E-state index in [2.05, 4.69) is 43.1 Å². The number of benzene rings is 2. The van der Waals surface area contributed by atoms with Gasteiger partial charge in [-0.15, -0.1) is 0 Å². The zero-order valence-electron chi connectivity index (χ0n) is 14.3. The van der Waals surface area contributed by atoms with Crippen LogP contribution in [0.3, 0.4) is 0 Å². The summed E-state index contributed by atoms with van der Waals surface area (Å²) in [5, 5.41) is 8.20. The van der Waals surface area contributed by atoms with Gasteiger partial charge < -0.3 is 4.74 Å². The van der Waals surface area contributed by atoms with E-state index in [-0.39, 0.29) is 12.3 Å². The molecule has 2 aliphatic rings. The van der Waals surface area contributed by atoms with Crippen molar-refractivity contribution in [2.75, 3.05) is 0 Å². The molecule has 0 aromatic heterocycles. The lowest BCUT2D eigenvalue weighted by molar-refractivity contribution is -0.0222. The van der Waals surface area contributed by atoms with Crippen molar-refractivity contribution in [2.24, 2.45) is 5.10 Å². The number of hydrogen-bond acceptors (Lipinski definition) is 3. The second-order valence-corrected chi connectivity index (χ2v) is 7.52. The van der Waals surface area contributed by atoms with Crippen LogP contribution in [-0.4, -0.2) is 16.9 Å². The lowest BCUT2D eigenvalue weighted by Crippen LogP contribution is -2.40. The highest BCUT2D eigenvalue weighted by Gasteiger charge is 2.40. The molecule has 0 saturated heterocycles. The van der Waals surface area contributed by atoms with E-state index in [9.17, 15) is 0 Å². The van der Waals surface area contributed by atoms with Crippen LogP contribution in [0.4, 0.5) is 0 Å². The van der Waals surface area contributed by atoms with Crippen molar-refractivity contribution in [1.82, 2.24) is 5.01 Å². The third-order valence-corrected chi connectivity index (χ3v) is 5.31. The normalized spacial score (nSPS) is 21.4. The Balaban J connectivity index is 1.75. The first-order valence-electron chi connectivity index (χ1n) is 8.65. The van der Waals surface area contributed by atoms with Gasteiger partial charge in [-0.25, -0.2) is 0 Å². The second kappa shape index (κ2) is 6.54. The van der Waals surface area contributed by atoms with Crippen LogP contribution in [0.15, 0.2) is 41.5 Å². The predicted octanol–water partition coefficient (Wildman–Crippen LogP) is 5.97. The number of hydrazone groups is 1. The highest BCUT2D eigenvalue weighted by atomic mass is 35.5. The molecule has 0 aliphatic carbocycles.